The molecule has 1 spiro atoms. The van der Waals surface area contributed by atoms with E-state index in [1.807, 2.05) is 97.6 Å². The number of hydrogen-bond donors (Lipinski definition) is 1. The van der Waals surface area contributed by atoms with Gasteiger partial charge in [0.1, 0.15) is 11.8 Å². The topological polar surface area (TPSA) is 79.0 Å². The molecule has 202 valence electrons. The van der Waals surface area contributed by atoms with E-state index in [1.165, 1.54) is 0 Å². The van der Waals surface area contributed by atoms with Gasteiger partial charge in [-0.05, 0) is 36.6 Å². The molecule has 0 aromatic heterocycles. The number of nitrogens with one attached hydrogen (secondary N) is 1. The number of benzene rings is 3. The van der Waals surface area contributed by atoms with Crippen LogP contribution in [0.15, 0.2) is 84.9 Å². The van der Waals surface area contributed by atoms with Gasteiger partial charge in [-0.3, -0.25) is 19.3 Å². The largest absolute Gasteiger partial charge is 0.353 e. The lowest BCUT2D eigenvalue weighted by atomic mass is 9.95. The number of rotatable bonds is 6. The molecule has 2 heterocycles. The molecule has 2 aliphatic heterocycles. The number of aryl methyl sites for hydroxylation is 1. The number of carbonyl (C=O) groups is 3. The number of nitrogens with zero attached hydrogens (tertiary/aromatic N) is 2. The molecule has 2 atom stereocenters. The quantitative estimate of drug-likeness (QED) is 0.521. The van der Waals surface area contributed by atoms with Crippen LogP contribution >= 0.6 is 0 Å². The van der Waals surface area contributed by atoms with E-state index in [9.17, 15) is 14.4 Å². The van der Waals surface area contributed by atoms with E-state index in [-0.39, 0.29) is 30.4 Å². The number of hydrogen-bond acceptors (Lipinski definition) is 4. The average molecular weight is 526 g/mol. The molecule has 0 aliphatic carbocycles. The van der Waals surface area contributed by atoms with E-state index in [0.29, 0.717) is 37.9 Å². The summed E-state index contributed by atoms with van der Waals surface area (Å²) in [7, 11) is 0. The zero-order valence-corrected chi connectivity index (χ0v) is 22.5. The summed E-state index contributed by atoms with van der Waals surface area (Å²) in [6.07, 6.45) is 1.23. The van der Waals surface area contributed by atoms with Gasteiger partial charge in [0.15, 0.2) is 0 Å². The third-order valence-electron chi connectivity index (χ3n) is 7.91. The van der Waals surface area contributed by atoms with Gasteiger partial charge in [-0.15, -0.1) is 0 Å². The second-order valence-electron chi connectivity index (χ2n) is 10.4. The molecular formula is C32H35N3O4. The van der Waals surface area contributed by atoms with E-state index in [0.717, 1.165) is 16.7 Å². The highest BCUT2D eigenvalue weighted by Crippen LogP contribution is 2.39. The van der Waals surface area contributed by atoms with E-state index in [1.54, 1.807) is 11.0 Å². The highest BCUT2D eigenvalue weighted by Gasteiger charge is 2.54. The van der Waals surface area contributed by atoms with Crippen LogP contribution in [0.2, 0.25) is 0 Å². The lowest BCUT2D eigenvalue weighted by Gasteiger charge is -2.44. The first-order valence-corrected chi connectivity index (χ1v) is 13.6. The van der Waals surface area contributed by atoms with Crippen molar-refractivity contribution in [2.24, 2.45) is 0 Å². The summed E-state index contributed by atoms with van der Waals surface area (Å²) in [5.41, 5.74) is 2.42. The Labute approximate surface area is 229 Å². The zero-order valence-electron chi connectivity index (χ0n) is 22.5. The summed E-state index contributed by atoms with van der Waals surface area (Å²) in [4.78, 5) is 44.2. The Morgan fingerprint density at radius 2 is 1.54 bits per heavy atom. The number of piperidine rings is 1. The molecule has 0 saturated carbocycles. The Morgan fingerprint density at radius 3 is 2.21 bits per heavy atom. The summed E-state index contributed by atoms with van der Waals surface area (Å²) in [6.45, 7) is 4.86. The first-order valence-electron chi connectivity index (χ1n) is 13.6. The van der Waals surface area contributed by atoms with Crippen LogP contribution in [0.25, 0.3) is 0 Å². The summed E-state index contributed by atoms with van der Waals surface area (Å²) >= 11 is 0. The summed E-state index contributed by atoms with van der Waals surface area (Å²) in [5, 5.41) is 3.09. The van der Waals surface area contributed by atoms with Crippen molar-refractivity contribution in [1.29, 1.82) is 0 Å². The number of ether oxygens (including phenoxy) is 1. The fraction of sp³-hybridized carbons (Fsp3) is 0.344. The van der Waals surface area contributed by atoms with Gasteiger partial charge < -0.3 is 15.0 Å². The molecule has 3 amide bonds. The third-order valence-corrected chi connectivity index (χ3v) is 7.91. The lowest BCUT2D eigenvalue weighted by molar-refractivity contribution is -0.143. The van der Waals surface area contributed by atoms with Gasteiger partial charge in [-0.1, -0.05) is 78.9 Å². The van der Waals surface area contributed by atoms with Crippen LogP contribution in [-0.2, 0) is 20.7 Å². The van der Waals surface area contributed by atoms with Crippen LogP contribution in [0, 0.1) is 6.92 Å². The second-order valence-corrected chi connectivity index (χ2v) is 10.4. The number of amides is 3. The van der Waals surface area contributed by atoms with Crippen LogP contribution in [0.5, 0.6) is 0 Å². The zero-order chi connectivity index (χ0) is 27.4. The Balaban J connectivity index is 1.36. The molecular weight excluding hydrogens is 490 g/mol. The maximum absolute atomic E-state index is 14.1. The van der Waals surface area contributed by atoms with Crippen molar-refractivity contribution < 1.29 is 19.1 Å². The van der Waals surface area contributed by atoms with Gasteiger partial charge >= 0.3 is 0 Å². The Hall–Kier alpha value is -3.97. The molecule has 2 fully saturated rings. The predicted octanol–water partition coefficient (Wildman–Crippen LogP) is 4.27. The Bertz CT molecular complexity index is 1320. The van der Waals surface area contributed by atoms with Crippen molar-refractivity contribution in [2.45, 2.75) is 50.9 Å². The third kappa shape index (κ3) is 5.59. The summed E-state index contributed by atoms with van der Waals surface area (Å²) in [6, 6.07) is 25.9. The van der Waals surface area contributed by atoms with E-state index in [2.05, 4.69) is 5.32 Å². The van der Waals surface area contributed by atoms with Gasteiger partial charge in [-0.25, -0.2) is 0 Å². The molecule has 0 unspecified atom stereocenters. The normalized spacial score (nSPS) is 19.1. The fourth-order valence-electron chi connectivity index (χ4n) is 5.63. The van der Waals surface area contributed by atoms with Crippen LogP contribution in [0.1, 0.15) is 52.9 Å². The second kappa shape index (κ2) is 11.4. The van der Waals surface area contributed by atoms with Crippen molar-refractivity contribution in [3.63, 3.8) is 0 Å². The SMILES string of the molecule is Cc1ccccc1C(=O)N1[C@H](C(=O)N[C@H](C)c2ccccc2)COC12CCN(C(=O)Cc1ccccc1)CC2. The molecule has 1 N–H and O–H groups in total. The molecule has 3 aromatic rings. The minimum atomic E-state index is -0.944. The van der Waals surface area contributed by atoms with Gasteiger partial charge in [0.05, 0.1) is 19.1 Å². The van der Waals surface area contributed by atoms with Crippen molar-refractivity contribution in [3.05, 3.63) is 107 Å². The maximum atomic E-state index is 14.1. The van der Waals surface area contributed by atoms with Gasteiger partial charge in [0.25, 0.3) is 5.91 Å². The standard InChI is InChI=1S/C32H35N3O4/c1-23-11-9-10-16-27(23)31(38)35-28(30(37)33-24(2)26-14-7-4-8-15-26)22-39-32(35)17-19-34(20-18-32)29(36)21-25-12-5-3-6-13-25/h3-16,24,28H,17-22H2,1-2H3,(H,33,37)/t24-,28+/m1/s1. The number of likely N-dealkylation sites (tertiary alicyclic amines) is 1. The predicted molar refractivity (Wildman–Crippen MR) is 149 cm³/mol. The smallest absolute Gasteiger partial charge is 0.257 e. The Kier molecular flexibility index (Phi) is 7.79. The van der Waals surface area contributed by atoms with Crippen LogP contribution in [-0.4, -0.2) is 59.0 Å². The molecule has 7 nitrogen and oxygen atoms in total. The Morgan fingerprint density at radius 1 is 0.923 bits per heavy atom. The summed E-state index contributed by atoms with van der Waals surface area (Å²) in [5.74, 6) is -0.410. The van der Waals surface area contributed by atoms with E-state index < -0.39 is 11.8 Å². The molecule has 0 radical (unpaired) electrons. The molecule has 0 bridgehead atoms. The van der Waals surface area contributed by atoms with Crippen molar-refractivity contribution in [3.8, 4) is 0 Å². The van der Waals surface area contributed by atoms with E-state index >= 15 is 0 Å². The molecule has 3 aromatic carbocycles. The first-order chi connectivity index (χ1) is 18.9. The highest BCUT2D eigenvalue weighted by molar-refractivity contribution is 5.99. The first kappa shape index (κ1) is 26.6. The number of carbonyl (C=O) groups excluding carboxylic acids is 3. The van der Waals surface area contributed by atoms with Crippen LogP contribution in [0.3, 0.4) is 0 Å². The lowest BCUT2D eigenvalue weighted by Crippen LogP contribution is -2.60. The maximum Gasteiger partial charge on any atom is 0.257 e. The van der Waals surface area contributed by atoms with Gasteiger partial charge in [0, 0.05) is 31.5 Å². The van der Waals surface area contributed by atoms with Crippen molar-refractivity contribution in [1.82, 2.24) is 15.1 Å². The molecule has 7 heteroatoms. The van der Waals surface area contributed by atoms with Gasteiger partial charge in [-0.2, -0.15) is 0 Å². The fourth-order valence-corrected chi connectivity index (χ4v) is 5.63. The molecule has 5 rings (SSSR count). The molecule has 39 heavy (non-hydrogen) atoms. The average Bonchev–Trinajstić information content (AvgIpc) is 3.32. The molecule has 2 aliphatic rings. The minimum absolute atomic E-state index is 0.0526. The van der Waals surface area contributed by atoms with Crippen LogP contribution < -0.4 is 5.32 Å². The minimum Gasteiger partial charge on any atom is -0.353 e. The molecule has 2 saturated heterocycles. The monoisotopic (exact) mass is 525 g/mol. The van der Waals surface area contributed by atoms with E-state index in [4.69, 9.17) is 4.74 Å². The van der Waals surface area contributed by atoms with Gasteiger partial charge in [0.2, 0.25) is 11.8 Å². The summed E-state index contributed by atoms with van der Waals surface area (Å²) < 4.78 is 6.35. The van der Waals surface area contributed by atoms with Crippen molar-refractivity contribution >= 4 is 17.7 Å². The van der Waals surface area contributed by atoms with Crippen LogP contribution in [0.4, 0.5) is 0 Å². The van der Waals surface area contributed by atoms with Crippen molar-refractivity contribution in [2.75, 3.05) is 19.7 Å². The highest BCUT2D eigenvalue weighted by atomic mass is 16.5.